The minimum Gasteiger partial charge on any atom is -0.242 e. The first-order valence-electron chi connectivity index (χ1n) is 1.50. The van der Waals surface area contributed by atoms with Crippen LogP contribution in [-0.4, -0.2) is 12.6 Å². The Morgan fingerprint density at radius 1 is 0.706 bits per heavy atom. The van der Waals surface area contributed by atoms with E-state index in [1.807, 2.05) is 12.9 Å². The van der Waals surface area contributed by atoms with Crippen molar-refractivity contribution < 1.29 is 415 Å². The van der Waals surface area contributed by atoms with Crippen molar-refractivity contribution >= 4 is 18.4 Å². The molecule has 14 heteroatoms. The van der Waals surface area contributed by atoms with E-state index in [1.165, 1.54) is 0 Å². The molecule has 17 heavy (non-hydrogen) atoms. The van der Waals surface area contributed by atoms with Gasteiger partial charge in [0.2, 0.25) is 0 Å². The van der Waals surface area contributed by atoms with Crippen molar-refractivity contribution in [3.8, 4) is 0 Å². The van der Waals surface area contributed by atoms with Crippen molar-refractivity contribution in [2.45, 2.75) is 6.92 Å². The first-order valence-corrected chi connectivity index (χ1v) is 1.50. The van der Waals surface area contributed by atoms with E-state index in [0.29, 0.717) is 6.54 Å². The second kappa shape index (κ2) is 88.0. The molecule has 0 aliphatic rings. The fraction of sp³-hybridized carbons (Fsp3) is 0.667. The molecule has 0 saturated carbocycles. The maximum absolute atomic E-state index is 6.19. The Kier molecular flexibility index (Phi) is 448. The van der Waals surface area contributed by atoms with Gasteiger partial charge in [0.1, 0.15) is 0 Å². The molecule has 0 aromatic heterocycles. The molecule has 2 nitrogen and oxygen atoms in total. The van der Waals surface area contributed by atoms with E-state index in [0.717, 1.165) is 0 Å². The summed E-state index contributed by atoms with van der Waals surface area (Å²) in [5, 5.41) is 6.19. The Labute approximate surface area is 440 Å². The summed E-state index contributed by atoms with van der Waals surface area (Å²) in [6.07, 6.45) is 0. The van der Waals surface area contributed by atoms with Crippen molar-refractivity contribution in [2.75, 3.05) is 6.54 Å². The SMILES string of the molecule is CCN=C=N.Cl.[Ar].[Ar].[Ar].[Ar].[Ar].[Ar].[Ar].[Ar].[Ar].[Ar].[Ar]. The molecule has 0 rings (SSSR count). The molecule has 0 saturated heterocycles. The number of aliphatic imine (C=N–C) groups is 1. The molecule has 0 bridgehead atoms. The molecule has 0 spiro atoms. The van der Waals surface area contributed by atoms with Gasteiger partial charge in [0, 0.05) is 422 Å². The average Bonchev–Trinajstić information content (AvgIpc) is 1.41. The van der Waals surface area contributed by atoms with Gasteiger partial charge < -0.3 is 0 Å². The van der Waals surface area contributed by atoms with Crippen molar-refractivity contribution in [3.63, 3.8) is 0 Å². The van der Waals surface area contributed by atoms with E-state index in [1.54, 1.807) is 0 Å². The van der Waals surface area contributed by atoms with Crippen LogP contribution >= 0.6 is 12.4 Å². The fourth-order valence-corrected chi connectivity index (χ4v) is 0.0791. The number of rotatable bonds is 1. The van der Waals surface area contributed by atoms with E-state index >= 15 is 0 Å². The van der Waals surface area contributed by atoms with E-state index in [-0.39, 0.29) is 428 Å². The quantitative estimate of drug-likeness (QED) is 0.481. The maximum Gasteiger partial charge on any atom is 0.0861 e. The first-order chi connectivity index (χ1) is 2.41. The van der Waals surface area contributed by atoms with Gasteiger partial charge in [-0.2, -0.15) is 0 Å². The molecule has 0 aliphatic carbocycles. The minimum atomic E-state index is 0. The molecule has 0 aromatic carbocycles. The molecule has 0 aromatic rings. The molecule has 0 radical (unpaired) electrons. The molecule has 0 atom stereocenters. The zero-order chi connectivity index (χ0) is 4.12. The molecule has 124 valence electrons. The summed E-state index contributed by atoms with van der Waals surface area (Å²) in [5.74, 6) is 0. The molecule has 0 heterocycles. The zero-order valence-electron chi connectivity index (χ0n) is 7.45. The van der Waals surface area contributed by atoms with Gasteiger partial charge in [-0.05, 0) is 6.92 Å². The zero-order valence-corrected chi connectivity index (χ0v) is 16.0. The number of nitrogens with one attached hydrogen (secondary N) is 1. The van der Waals surface area contributed by atoms with Crippen LogP contribution in [-0.2, 0) is 0 Å². The van der Waals surface area contributed by atoms with Crippen LogP contribution in [0.3, 0.4) is 0 Å². The van der Waals surface area contributed by atoms with Crippen LogP contribution in [0.4, 0.5) is 0 Å². The summed E-state index contributed by atoms with van der Waals surface area (Å²) in [7, 11) is 0. The second-order valence-electron chi connectivity index (χ2n) is 0.586. The van der Waals surface area contributed by atoms with Crippen LogP contribution in [0.15, 0.2) is 4.99 Å². The van der Waals surface area contributed by atoms with Crippen LogP contribution in [0.25, 0.3) is 0 Å². The predicted octanol–water partition coefficient (Wildman–Crippen LogP) is 1.18. The molecule has 0 aliphatic heterocycles. The molecule has 1 N–H and O–H groups in total. The van der Waals surface area contributed by atoms with Crippen molar-refractivity contribution in [3.05, 3.63) is 0 Å². The molecule has 0 fully saturated rings. The third kappa shape index (κ3) is 92.8. The molecule has 0 unspecified atom stereocenters. The van der Waals surface area contributed by atoms with Gasteiger partial charge in [0.25, 0.3) is 0 Å². The molecular weight excluding hydrogens is 539 g/mol. The van der Waals surface area contributed by atoms with Gasteiger partial charge in [-0.25, -0.2) is 10.4 Å². The van der Waals surface area contributed by atoms with E-state index in [9.17, 15) is 0 Å². The standard InChI is InChI=1S/C3H6N2.11Ar.ClH/c1-2-5-3-4;;;;;;;;;;;;/h4H,2H2,1H3;;;;;;;;;;;;1H. The topological polar surface area (TPSA) is 36.2 Å². The minimum absolute atomic E-state index is 0. The van der Waals surface area contributed by atoms with Gasteiger partial charge in [-0.15, -0.1) is 12.4 Å². The average molecular weight is 546 g/mol. The smallest absolute Gasteiger partial charge is 0.0861 e. The Morgan fingerprint density at radius 3 is 0.882 bits per heavy atom. The number of hydrogen-bond donors (Lipinski definition) is 1. The van der Waals surface area contributed by atoms with Crippen molar-refractivity contribution in [1.29, 1.82) is 5.41 Å². The predicted molar refractivity (Wildman–Crippen MR) is 27.9 cm³/mol. The summed E-state index contributed by atoms with van der Waals surface area (Å²) >= 11 is 0. The third-order valence-corrected chi connectivity index (χ3v) is 0.237. The largest absolute Gasteiger partial charge is 0.242 e. The van der Waals surface area contributed by atoms with Crippen LogP contribution in [0.5, 0.6) is 0 Å². The first kappa shape index (κ1) is 86.6. The second-order valence-corrected chi connectivity index (χ2v) is 0.586. The van der Waals surface area contributed by atoms with Crippen LogP contribution in [0.1, 0.15) is 6.92 Å². The van der Waals surface area contributed by atoms with Crippen LogP contribution < -0.4 is 0 Å². The summed E-state index contributed by atoms with van der Waals surface area (Å²) in [6.45, 7) is 2.53. The van der Waals surface area contributed by atoms with Crippen LogP contribution in [0.2, 0.25) is 0 Å². The summed E-state index contributed by atoms with van der Waals surface area (Å²) < 4.78 is 0. The van der Waals surface area contributed by atoms with Gasteiger partial charge in [-0.3, -0.25) is 0 Å². The Bertz CT molecular complexity index is 71.7. The fourth-order valence-electron chi connectivity index (χ4n) is 0.0791. The van der Waals surface area contributed by atoms with Gasteiger partial charge in [0.05, 0.1) is 6.01 Å². The molecule has 0 amide bonds. The van der Waals surface area contributed by atoms with E-state index < -0.39 is 0 Å². The third-order valence-electron chi connectivity index (χ3n) is 0.237. The van der Waals surface area contributed by atoms with Gasteiger partial charge in [0.15, 0.2) is 0 Å². The summed E-state index contributed by atoms with van der Waals surface area (Å²) in [5.41, 5.74) is 0. The van der Waals surface area contributed by atoms with Crippen molar-refractivity contribution in [2.24, 2.45) is 4.99 Å². The monoisotopic (exact) mass is 546 g/mol. The van der Waals surface area contributed by atoms with Gasteiger partial charge >= 0.3 is 0 Å². The van der Waals surface area contributed by atoms with Gasteiger partial charge in [-0.1, -0.05) is 0 Å². The Morgan fingerprint density at radius 2 is 0.882 bits per heavy atom. The normalized spacial score (nSPS) is 1.71. The number of nitrogens with zero attached hydrogens (tertiary/aromatic N) is 1. The van der Waals surface area contributed by atoms with E-state index in [4.69, 9.17) is 5.41 Å². The summed E-state index contributed by atoms with van der Waals surface area (Å²) in [6, 6.07) is 1.89. The Hall–Kier alpha value is 13.5. The number of hydrogen-bond acceptors (Lipinski definition) is 2. The molecular formula is C3H7Ar11ClN2. The summed E-state index contributed by atoms with van der Waals surface area (Å²) in [4.78, 5) is 3.39. The van der Waals surface area contributed by atoms with E-state index in [2.05, 4.69) is 4.99 Å². The van der Waals surface area contributed by atoms with Crippen LogP contribution in [0, 0.1) is 421 Å². The number of halogens is 1. The maximum atomic E-state index is 6.19. The van der Waals surface area contributed by atoms with Crippen molar-refractivity contribution in [1.82, 2.24) is 0 Å². The Balaban J connectivity index is -0.00000000121.